The largest absolute Gasteiger partial charge is 0.354 e. The van der Waals surface area contributed by atoms with Gasteiger partial charge in [0.25, 0.3) is 0 Å². The molecule has 0 saturated heterocycles. The number of aryl methyl sites for hydroxylation is 2. The highest BCUT2D eigenvalue weighted by Gasteiger charge is 2.25. The number of rotatable bonds is 5. The molecule has 0 radical (unpaired) electrons. The molecule has 2 aliphatic rings. The molecule has 0 bridgehead atoms. The van der Waals surface area contributed by atoms with Crippen LogP contribution in [-0.2, 0) is 41.0 Å². The van der Waals surface area contributed by atoms with Gasteiger partial charge in [0.05, 0.1) is 4.90 Å². The zero-order chi connectivity index (χ0) is 22.2. The zero-order valence-electron chi connectivity index (χ0n) is 18.6. The van der Waals surface area contributed by atoms with Crippen molar-refractivity contribution in [3.8, 4) is 0 Å². The molecular weight excluding hydrogens is 408 g/mol. The lowest BCUT2D eigenvalue weighted by Crippen LogP contribution is -2.30. The molecule has 0 spiro atoms. The minimum Gasteiger partial charge on any atom is -0.319 e. The Morgan fingerprint density at radius 1 is 1.06 bits per heavy atom. The third kappa shape index (κ3) is 4.40. The standard InChI is InChI=1S/C24H32N4O2S/c1-24(2,15-26-3)18-10-12-19(13-11-18)31(25,30)28-23(29)27-22-20-8-4-6-16(20)14-17-7-5-9-21(17)22/h10-14,26H,4-9,15H2,1-3H3,(H3,25,27,28,29,30)/t31-/m1/s1. The monoisotopic (exact) mass is 440 g/mol. The van der Waals surface area contributed by atoms with Crippen molar-refractivity contribution in [2.24, 2.45) is 9.50 Å². The quantitative estimate of drug-likeness (QED) is 0.653. The summed E-state index contributed by atoms with van der Waals surface area (Å²) >= 11 is 0. The number of amides is 2. The van der Waals surface area contributed by atoms with E-state index in [1.165, 1.54) is 22.3 Å². The Labute approximate surface area is 185 Å². The molecule has 4 N–H and O–H groups in total. The number of urea groups is 1. The van der Waals surface area contributed by atoms with E-state index in [0.29, 0.717) is 4.90 Å². The fraction of sp³-hybridized carbons (Fsp3) is 0.458. The van der Waals surface area contributed by atoms with E-state index in [1.807, 2.05) is 19.2 Å². The topological polar surface area (TPSA) is 96.6 Å². The van der Waals surface area contributed by atoms with Crippen LogP contribution in [0.3, 0.4) is 0 Å². The van der Waals surface area contributed by atoms with Crippen LogP contribution >= 0.6 is 0 Å². The van der Waals surface area contributed by atoms with Crippen molar-refractivity contribution in [3.63, 3.8) is 0 Å². The number of anilines is 1. The number of fused-ring (bicyclic) bond motifs is 2. The first-order valence-corrected chi connectivity index (χ1v) is 12.6. The smallest absolute Gasteiger partial charge is 0.319 e. The van der Waals surface area contributed by atoms with E-state index in [0.717, 1.165) is 56.3 Å². The number of nitrogens with one attached hydrogen (secondary N) is 2. The molecule has 1 atom stereocenters. The predicted octanol–water partition coefficient (Wildman–Crippen LogP) is 4.09. The summed E-state index contributed by atoms with van der Waals surface area (Å²) in [5.74, 6) is 0. The van der Waals surface area contributed by atoms with E-state index in [-0.39, 0.29) is 5.41 Å². The fourth-order valence-corrected chi connectivity index (χ4v) is 5.84. The number of nitrogens with two attached hydrogens (primary N) is 1. The van der Waals surface area contributed by atoms with Crippen LogP contribution in [0.25, 0.3) is 0 Å². The van der Waals surface area contributed by atoms with Crippen LogP contribution in [0, 0.1) is 0 Å². The maximum absolute atomic E-state index is 13.1. The summed E-state index contributed by atoms with van der Waals surface area (Å²) in [6.45, 7) is 5.07. The van der Waals surface area contributed by atoms with Crippen LogP contribution in [0.4, 0.5) is 10.5 Å². The number of benzene rings is 2. The molecule has 2 aromatic rings. The van der Waals surface area contributed by atoms with E-state index in [2.05, 4.69) is 34.9 Å². The van der Waals surface area contributed by atoms with Gasteiger partial charge < -0.3 is 10.6 Å². The summed E-state index contributed by atoms with van der Waals surface area (Å²) in [6, 6.07) is 8.91. The van der Waals surface area contributed by atoms with Gasteiger partial charge in [-0.3, -0.25) is 0 Å². The van der Waals surface area contributed by atoms with Crippen molar-refractivity contribution in [2.75, 3.05) is 18.9 Å². The van der Waals surface area contributed by atoms with Gasteiger partial charge in [0.15, 0.2) is 0 Å². The number of likely N-dealkylation sites (N-methyl/N-ethyl adjacent to an activating group) is 1. The van der Waals surface area contributed by atoms with Crippen molar-refractivity contribution < 1.29 is 9.00 Å². The molecule has 0 fully saturated rings. The van der Waals surface area contributed by atoms with Crippen LogP contribution in [0.5, 0.6) is 0 Å². The highest BCUT2D eigenvalue weighted by Crippen LogP contribution is 2.38. The third-order valence-corrected chi connectivity index (χ3v) is 7.90. The predicted molar refractivity (Wildman–Crippen MR) is 126 cm³/mol. The van der Waals surface area contributed by atoms with Crippen molar-refractivity contribution in [2.45, 2.75) is 62.7 Å². The molecule has 166 valence electrons. The van der Waals surface area contributed by atoms with Gasteiger partial charge in [-0.25, -0.2) is 14.1 Å². The van der Waals surface area contributed by atoms with Gasteiger partial charge in [-0.05, 0) is 85.5 Å². The minimum atomic E-state index is -3.33. The Kier molecular flexibility index (Phi) is 5.94. The maximum Gasteiger partial charge on any atom is 0.354 e. The molecule has 0 aliphatic heterocycles. The highest BCUT2D eigenvalue weighted by atomic mass is 32.2. The summed E-state index contributed by atoms with van der Waals surface area (Å²) < 4.78 is 17.0. The van der Waals surface area contributed by atoms with Gasteiger partial charge in [-0.2, -0.15) is 0 Å². The molecule has 0 heterocycles. The van der Waals surface area contributed by atoms with Crippen LogP contribution < -0.4 is 15.8 Å². The van der Waals surface area contributed by atoms with E-state index in [9.17, 15) is 9.00 Å². The number of carbonyl (C=O) groups is 1. The van der Waals surface area contributed by atoms with Gasteiger partial charge in [0.1, 0.15) is 9.92 Å². The van der Waals surface area contributed by atoms with Crippen LogP contribution in [0.1, 0.15) is 54.5 Å². The maximum atomic E-state index is 13.1. The summed E-state index contributed by atoms with van der Waals surface area (Å²) in [5.41, 5.74) is 6.98. The van der Waals surface area contributed by atoms with Gasteiger partial charge in [-0.1, -0.05) is 32.0 Å². The average molecular weight is 441 g/mol. The Morgan fingerprint density at radius 3 is 2.19 bits per heavy atom. The first kappa shape index (κ1) is 22.0. The summed E-state index contributed by atoms with van der Waals surface area (Å²) in [7, 11) is -1.42. The zero-order valence-corrected chi connectivity index (χ0v) is 19.4. The summed E-state index contributed by atoms with van der Waals surface area (Å²) in [4.78, 5) is 13.1. The SMILES string of the molecule is CNCC(C)(C)c1ccc([S@](N)(=O)=NC(=O)Nc2c3c(cc4c2CCC4)CCC3)cc1. The lowest BCUT2D eigenvalue weighted by molar-refractivity contribution is 0.260. The average Bonchev–Trinajstić information content (AvgIpc) is 3.36. The molecule has 4 rings (SSSR count). The molecule has 7 heteroatoms. The molecular formula is C24H32N4O2S. The number of nitrogens with zero attached hydrogens (tertiary/aromatic N) is 1. The molecule has 2 aromatic carbocycles. The van der Waals surface area contributed by atoms with Gasteiger partial charge in [0, 0.05) is 17.6 Å². The van der Waals surface area contributed by atoms with Crippen molar-refractivity contribution in [1.82, 2.24) is 5.32 Å². The lowest BCUT2D eigenvalue weighted by Gasteiger charge is -2.25. The van der Waals surface area contributed by atoms with Crippen molar-refractivity contribution in [3.05, 3.63) is 58.1 Å². The van der Waals surface area contributed by atoms with Crippen LogP contribution in [0.2, 0.25) is 0 Å². The van der Waals surface area contributed by atoms with Crippen LogP contribution in [0.15, 0.2) is 39.6 Å². The van der Waals surface area contributed by atoms with Crippen molar-refractivity contribution in [1.29, 1.82) is 0 Å². The number of hydrogen-bond acceptors (Lipinski definition) is 3. The summed E-state index contributed by atoms with van der Waals surface area (Å²) in [5, 5.41) is 12.2. The van der Waals surface area contributed by atoms with Gasteiger partial charge in [-0.15, -0.1) is 4.36 Å². The lowest BCUT2D eigenvalue weighted by atomic mass is 9.85. The number of hydrogen-bond donors (Lipinski definition) is 3. The minimum absolute atomic E-state index is 0.0780. The van der Waals surface area contributed by atoms with Crippen molar-refractivity contribution >= 4 is 21.6 Å². The first-order valence-electron chi connectivity index (χ1n) is 11.0. The Bertz CT molecular complexity index is 1100. The normalized spacial score (nSPS) is 17.0. The molecule has 2 aliphatic carbocycles. The second kappa shape index (κ2) is 8.37. The molecule has 0 aromatic heterocycles. The highest BCUT2D eigenvalue weighted by molar-refractivity contribution is 7.91. The molecule has 31 heavy (non-hydrogen) atoms. The second-order valence-corrected chi connectivity index (χ2v) is 11.1. The van der Waals surface area contributed by atoms with E-state index < -0.39 is 15.9 Å². The van der Waals surface area contributed by atoms with E-state index in [1.54, 1.807) is 12.1 Å². The van der Waals surface area contributed by atoms with E-state index in [4.69, 9.17) is 5.14 Å². The van der Waals surface area contributed by atoms with E-state index >= 15 is 0 Å². The van der Waals surface area contributed by atoms with Crippen LogP contribution in [-0.4, -0.2) is 23.8 Å². The van der Waals surface area contributed by atoms with Gasteiger partial charge >= 0.3 is 6.03 Å². The first-order chi connectivity index (χ1) is 14.7. The summed E-state index contributed by atoms with van der Waals surface area (Å²) in [6.07, 6.45) is 6.21. The second-order valence-electron chi connectivity index (χ2n) is 9.26. The molecule has 6 nitrogen and oxygen atoms in total. The molecule has 0 unspecified atom stereocenters. The Hall–Kier alpha value is -2.22. The molecule has 0 saturated carbocycles. The third-order valence-electron chi connectivity index (χ3n) is 6.52. The molecule has 2 amide bonds. The Balaban J connectivity index is 1.59. The van der Waals surface area contributed by atoms with Gasteiger partial charge in [0.2, 0.25) is 0 Å². The number of carbonyl (C=O) groups excluding carboxylic acids is 1. The Morgan fingerprint density at radius 2 is 1.65 bits per heavy atom. The fourth-order valence-electron chi connectivity index (χ4n) is 4.92.